The van der Waals surface area contributed by atoms with Crippen molar-refractivity contribution in [2.75, 3.05) is 25.0 Å². The first-order chi connectivity index (χ1) is 9.94. The Morgan fingerprint density at radius 1 is 1.10 bits per heavy atom. The molecule has 0 atom stereocenters. The zero-order valence-electron chi connectivity index (χ0n) is 13.1. The molecule has 2 rings (SSSR count). The van der Waals surface area contributed by atoms with Crippen LogP contribution in [0.15, 0.2) is 17.0 Å². The standard InChI is InChI=1S/C15H25N3O2S/c1-4-16-14-10-12(2)15(13(3)11-14)21(19,20)17-18-8-6-5-7-9-18/h10-11,16-17H,4-9H2,1-3H3. The number of benzene rings is 1. The first-order valence-electron chi connectivity index (χ1n) is 7.56. The zero-order chi connectivity index (χ0) is 15.5. The van der Waals surface area contributed by atoms with Crippen LogP contribution in [0.4, 0.5) is 5.69 Å². The molecule has 6 heteroatoms. The molecule has 1 aromatic rings. The Kier molecular flexibility index (Phi) is 5.24. The van der Waals surface area contributed by atoms with Crippen LogP contribution in [0.2, 0.25) is 0 Å². The minimum Gasteiger partial charge on any atom is -0.385 e. The second-order valence-corrected chi connectivity index (χ2v) is 7.21. The lowest BCUT2D eigenvalue weighted by atomic mass is 10.1. The van der Waals surface area contributed by atoms with Gasteiger partial charge in [0.25, 0.3) is 10.0 Å². The van der Waals surface area contributed by atoms with E-state index in [4.69, 9.17) is 0 Å². The molecular weight excluding hydrogens is 286 g/mol. The highest BCUT2D eigenvalue weighted by atomic mass is 32.2. The minimum absolute atomic E-state index is 0.398. The van der Waals surface area contributed by atoms with Gasteiger partial charge >= 0.3 is 0 Å². The third kappa shape index (κ3) is 3.96. The van der Waals surface area contributed by atoms with E-state index in [9.17, 15) is 8.42 Å². The molecule has 1 saturated heterocycles. The van der Waals surface area contributed by atoms with E-state index in [1.807, 2.05) is 37.9 Å². The first kappa shape index (κ1) is 16.3. The van der Waals surface area contributed by atoms with E-state index in [1.54, 1.807) is 0 Å². The van der Waals surface area contributed by atoms with Gasteiger partial charge in [-0.15, -0.1) is 4.83 Å². The van der Waals surface area contributed by atoms with Gasteiger partial charge in [0.2, 0.25) is 0 Å². The van der Waals surface area contributed by atoms with Crippen molar-refractivity contribution in [3.05, 3.63) is 23.3 Å². The molecule has 0 spiro atoms. The van der Waals surface area contributed by atoms with E-state index in [2.05, 4.69) is 10.1 Å². The quantitative estimate of drug-likeness (QED) is 0.876. The molecule has 1 heterocycles. The fourth-order valence-corrected chi connectivity index (χ4v) is 4.46. The molecule has 0 unspecified atom stereocenters. The average Bonchev–Trinajstić information content (AvgIpc) is 2.38. The third-order valence-electron chi connectivity index (χ3n) is 3.72. The number of piperidine rings is 1. The van der Waals surface area contributed by atoms with Crippen molar-refractivity contribution < 1.29 is 8.42 Å². The van der Waals surface area contributed by atoms with Crippen molar-refractivity contribution in [3.63, 3.8) is 0 Å². The largest absolute Gasteiger partial charge is 0.385 e. The van der Waals surface area contributed by atoms with E-state index in [-0.39, 0.29) is 0 Å². The highest BCUT2D eigenvalue weighted by Crippen LogP contribution is 2.24. The molecule has 1 fully saturated rings. The van der Waals surface area contributed by atoms with Gasteiger partial charge in [0.1, 0.15) is 0 Å². The molecule has 5 nitrogen and oxygen atoms in total. The number of hydrogen-bond donors (Lipinski definition) is 2. The van der Waals surface area contributed by atoms with Gasteiger partial charge in [0.05, 0.1) is 4.90 Å². The van der Waals surface area contributed by atoms with E-state index in [0.29, 0.717) is 4.90 Å². The van der Waals surface area contributed by atoms with E-state index < -0.39 is 10.0 Å². The van der Waals surface area contributed by atoms with Gasteiger partial charge in [-0.1, -0.05) is 6.42 Å². The van der Waals surface area contributed by atoms with Gasteiger partial charge in [-0.25, -0.2) is 13.4 Å². The molecule has 1 aromatic carbocycles. The molecular formula is C15H25N3O2S. The Hall–Kier alpha value is -1.11. The number of hydrazine groups is 1. The van der Waals surface area contributed by atoms with Crippen molar-refractivity contribution >= 4 is 15.7 Å². The summed E-state index contributed by atoms with van der Waals surface area (Å²) in [5.41, 5.74) is 2.51. The van der Waals surface area contributed by atoms with Crippen LogP contribution in [0.1, 0.15) is 37.3 Å². The molecule has 1 aliphatic heterocycles. The lowest BCUT2D eigenvalue weighted by Crippen LogP contribution is -2.45. The zero-order valence-corrected chi connectivity index (χ0v) is 13.9. The maximum atomic E-state index is 12.6. The van der Waals surface area contributed by atoms with E-state index in [0.717, 1.165) is 49.3 Å². The van der Waals surface area contributed by atoms with Gasteiger partial charge < -0.3 is 5.32 Å². The Bertz CT molecular complexity index is 570. The van der Waals surface area contributed by atoms with Crippen molar-refractivity contribution in [3.8, 4) is 0 Å². The molecule has 0 radical (unpaired) electrons. The molecule has 118 valence electrons. The monoisotopic (exact) mass is 311 g/mol. The van der Waals surface area contributed by atoms with Crippen LogP contribution in [0.5, 0.6) is 0 Å². The molecule has 0 aromatic heterocycles. The van der Waals surface area contributed by atoms with E-state index in [1.165, 1.54) is 6.42 Å². The van der Waals surface area contributed by atoms with Crippen LogP contribution < -0.4 is 10.1 Å². The van der Waals surface area contributed by atoms with E-state index >= 15 is 0 Å². The van der Waals surface area contributed by atoms with Crippen LogP contribution in [0, 0.1) is 13.8 Å². The Morgan fingerprint density at radius 3 is 2.19 bits per heavy atom. The number of anilines is 1. The maximum absolute atomic E-state index is 12.6. The second kappa shape index (κ2) is 6.77. The summed E-state index contributed by atoms with van der Waals surface area (Å²) in [6, 6.07) is 3.78. The minimum atomic E-state index is -3.50. The third-order valence-corrected chi connectivity index (χ3v) is 5.40. The Morgan fingerprint density at radius 2 is 1.67 bits per heavy atom. The van der Waals surface area contributed by atoms with Crippen molar-refractivity contribution in [2.45, 2.75) is 44.9 Å². The predicted molar refractivity (Wildman–Crippen MR) is 85.8 cm³/mol. The molecule has 1 aliphatic rings. The number of hydrogen-bond acceptors (Lipinski definition) is 4. The summed E-state index contributed by atoms with van der Waals surface area (Å²) in [6.45, 7) is 8.10. The van der Waals surface area contributed by atoms with Crippen LogP contribution in [-0.4, -0.2) is 33.1 Å². The molecule has 0 bridgehead atoms. The summed E-state index contributed by atoms with van der Waals surface area (Å²) >= 11 is 0. The number of nitrogens with zero attached hydrogens (tertiary/aromatic N) is 1. The smallest absolute Gasteiger partial charge is 0.253 e. The molecule has 21 heavy (non-hydrogen) atoms. The summed E-state index contributed by atoms with van der Waals surface area (Å²) in [7, 11) is -3.50. The van der Waals surface area contributed by atoms with Crippen LogP contribution in [0.25, 0.3) is 0 Å². The van der Waals surface area contributed by atoms with Gasteiger partial charge in [-0.2, -0.15) is 0 Å². The number of aryl methyl sites for hydroxylation is 2. The van der Waals surface area contributed by atoms with Crippen molar-refractivity contribution in [1.82, 2.24) is 9.84 Å². The number of rotatable bonds is 5. The SMILES string of the molecule is CCNc1cc(C)c(S(=O)(=O)NN2CCCCC2)c(C)c1. The summed E-state index contributed by atoms with van der Waals surface area (Å²) < 4.78 is 25.3. The van der Waals surface area contributed by atoms with Gasteiger partial charge in [-0.05, 0) is 56.9 Å². The van der Waals surface area contributed by atoms with Crippen molar-refractivity contribution in [2.24, 2.45) is 0 Å². The van der Waals surface area contributed by atoms with Crippen LogP contribution in [0.3, 0.4) is 0 Å². The normalized spacial score (nSPS) is 16.9. The lowest BCUT2D eigenvalue weighted by molar-refractivity contribution is 0.200. The number of nitrogens with one attached hydrogen (secondary N) is 2. The van der Waals surface area contributed by atoms with Crippen LogP contribution >= 0.6 is 0 Å². The van der Waals surface area contributed by atoms with Crippen molar-refractivity contribution in [1.29, 1.82) is 0 Å². The summed E-state index contributed by atoms with van der Waals surface area (Å²) in [4.78, 5) is 3.13. The van der Waals surface area contributed by atoms with Crippen LogP contribution in [-0.2, 0) is 10.0 Å². The Balaban J connectivity index is 2.26. The second-order valence-electron chi connectivity index (χ2n) is 5.61. The molecule has 2 N–H and O–H groups in total. The van der Waals surface area contributed by atoms with Gasteiger partial charge in [0, 0.05) is 25.3 Å². The fourth-order valence-electron chi connectivity index (χ4n) is 2.88. The molecule has 0 aliphatic carbocycles. The summed E-state index contributed by atoms with van der Waals surface area (Å²) in [6.07, 6.45) is 3.26. The van der Waals surface area contributed by atoms with Gasteiger partial charge in [0.15, 0.2) is 0 Å². The molecule has 0 amide bonds. The maximum Gasteiger partial charge on any atom is 0.253 e. The highest BCUT2D eigenvalue weighted by Gasteiger charge is 2.23. The summed E-state index contributed by atoms with van der Waals surface area (Å²) in [5, 5.41) is 5.04. The Labute approximate surface area is 127 Å². The predicted octanol–water partition coefficient (Wildman–Crippen LogP) is 2.41. The number of sulfonamides is 1. The molecule has 0 saturated carbocycles. The average molecular weight is 311 g/mol. The fraction of sp³-hybridized carbons (Fsp3) is 0.600. The first-order valence-corrected chi connectivity index (χ1v) is 9.05. The van der Waals surface area contributed by atoms with Gasteiger partial charge in [-0.3, -0.25) is 0 Å². The highest BCUT2D eigenvalue weighted by molar-refractivity contribution is 7.89. The summed E-state index contributed by atoms with van der Waals surface area (Å²) in [5.74, 6) is 0. The lowest BCUT2D eigenvalue weighted by Gasteiger charge is -2.27. The topological polar surface area (TPSA) is 61.4 Å².